The maximum Gasteiger partial charge on any atom is 0.160 e. The lowest BCUT2D eigenvalue weighted by molar-refractivity contribution is 0.591. The summed E-state index contributed by atoms with van der Waals surface area (Å²) < 4.78 is 4.95. The van der Waals surface area contributed by atoms with Gasteiger partial charge in [-0.2, -0.15) is 0 Å². The molecule has 3 heterocycles. The lowest BCUT2D eigenvalue weighted by Crippen LogP contribution is -2.10. The van der Waals surface area contributed by atoms with Gasteiger partial charge in [0.05, 0.1) is 39.1 Å². The molecule has 0 saturated carbocycles. The van der Waals surface area contributed by atoms with Crippen LogP contribution in [0.25, 0.3) is 111 Å². The van der Waals surface area contributed by atoms with Gasteiger partial charge in [0.25, 0.3) is 0 Å². The summed E-state index contributed by atoms with van der Waals surface area (Å²) in [7, 11) is 0. The molecule has 4 heteroatoms. The normalized spacial score (nSPS) is 11.9. The fourth-order valence-corrected chi connectivity index (χ4v) is 9.83. The van der Waals surface area contributed by atoms with E-state index in [1.165, 1.54) is 38.1 Å². The van der Waals surface area contributed by atoms with E-state index in [2.05, 4.69) is 242 Å². The van der Waals surface area contributed by atoms with Gasteiger partial charge in [0.15, 0.2) is 5.82 Å². The van der Waals surface area contributed by atoms with Crippen LogP contribution in [0.3, 0.4) is 0 Å². The molecular weight excluding hydrogens is 801 g/mol. The molecule has 0 spiro atoms. The van der Waals surface area contributed by atoms with Crippen LogP contribution in [-0.2, 0) is 5.41 Å². The molecule has 0 aliphatic heterocycles. The zero-order valence-electron chi connectivity index (χ0n) is 37.2. The van der Waals surface area contributed by atoms with Gasteiger partial charge in [-0.05, 0) is 76.7 Å². The van der Waals surface area contributed by atoms with Crippen molar-refractivity contribution >= 4 is 43.6 Å². The van der Waals surface area contributed by atoms with E-state index in [-0.39, 0.29) is 5.41 Å². The lowest BCUT2D eigenvalue weighted by atomic mass is 9.86. The number of para-hydroxylation sites is 2. The van der Waals surface area contributed by atoms with Crippen LogP contribution in [0.1, 0.15) is 26.3 Å². The largest absolute Gasteiger partial charge is 0.309 e. The van der Waals surface area contributed by atoms with Crippen molar-refractivity contribution in [2.75, 3.05) is 0 Å². The molecule has 0 radical (unpaired) electrons. The van der Waals surface area contributed by atoms with Crippen LogP contribution in [-0.4, -0.2) is 19.1 Å². The van der Waals surface area contributed by atoms with E-state index >= 15 is 0 Å². The Balaban J connectivity index is 1.21. The van der Waals surface area contributed by atoms with E-state index in [1.54, 1.807) is 0 Å². The van der Waals surface area contributed by atoms with Crippen molar-refractivity contribution in [2.24, 2.45) is 0 Å². The molecule has 0 saturated heterocycles. The van der Waals surface area contributed by atoms with Gasteiger partial charge in [-0.25, -0.2) is 9.97 Å². The smallest absolute Gasteiger partial charge is 0.160 e. The molecule has 12 rings (SSSR count). The van der Waals surface area contributed by atoms with E-state index < -0.39 is 0 Å². The minimum atomic E-state index is -0.0372. The second-order valence-corrected chi connectivity index (χ2v) is 18.2. The number of aromatic nitrogens is 4. The van der Waals surface area contributed by atoms with Gasteiger partial charge in [-0.15, -0.1) is 0 Å². The fourth-order valence-electron chi connectivity index (χ4n) is 9.83. The van der Waals surface area contributed by atoms with Gasteiger partial charge in [0, 0.05) is 55.0 Å². The molecule has 0 atom stereocenters. The Morgan fingerprint density at radius 1 is 0.333 bits per heavy atom. The first-order valence-electron chi connectivity index (χ1n) is 22.7. The second kappa shape index (κ2) is 15.7. The average Bonchev–Trinajstić information content (AvgIpc) is 3.88. The maximum atomic E-state index is 5.36. The third-order valence-electron chi connectivity index (χ3n) is 13.1. The van der Waals surface area contributed by atoms with Crippen molar-refractivity contribution in [3.05, 3.63) is 230 Å². The first kappa shape index (κ1) is 39.3. The zero-order chi connectivity index (χ0) is 44.4. The van der Waals surface area contributed by atoms with Crippen LogP contribution in [0.4, 0.5) is 0 Å². The first-order valence-corrected chi connectivity index (χ1v) is 22.7. The molecular formula is C62H46N4. The predicted molar refractivity (Wildman–Crippen MR) is 277 cm³/mol. The van der Waals surface area contributed by atoms with Crippen LogP contribution in [0.5, 0.6) is 0 Å². The Labute approximate surface area is 384 Å². The second-order valence-electron chi connectivity index (χ2n) is 18.2. The summed E-state index contributed by atoms with van der Waals surface area (Å²) >= 11 is 0. The van der Waals surface area contributed by atoms with E-state index in [4.69, 9.17) is 9.97 Å². The van der Waals surface area contributed by atoms with Crippen LogP contribution in [0.15, 0.2) is 224 Å². The van der Waals surface area contributed by atoms with E-state index in [9.17, 15) is 0 Å². The molecule has 0 amide bonds. The van der Waals surface area contributed by atoms with Crippen LogP contribution in [0.2, 0.25) is 0 Å². The van der Waals surface area contributed by atoms with Gasteiger partial charge >= 0.3 is 0 Å². The summed E-state index contributed by atoms with van der Waals surface area (Å²) in [6.45, 7) is 6.89. The molecule has 4 nitrogen and oxygen atoms in total. The minimum Gasteiger partial charge on any atom is -0.309 e. The van der Waals surface area contributed by atoms with Crippen LogP contribution >= 0.6 is 0 Å². The summed E-state index contributed by atoms with van der Waals surface area (Å²) in [5, 5.41) is 4.91. The van der Waals surface area contributed by atoms with Crippen molar-refractivity contribution in [3.63, 3.8) is 0 Å². The van der Waals surface area contributed by atoms with Gasteiger partial charge < -0.3 is 9.13 Å². The number of hydrogen-bond donors (Lipinski definition) is 0. The monoisotopic (exact) mass is 846 g/mol. The highest BCUT2D eigenvalue weighted by Gasteiger charge is 2.25. The molecule has 0 unspecified atom stereocenters. The van der Waals surface area contributed by atoms with E-state index in [0.717, 1.165) is 72.7 Å². The Hall–Kier alpha value is -8.34. The maximum absolute atomic E-state index is 5.36. The third kappa shape index (κ3) is 6.69. The lowest BCUT2D eigenvalue weighted by Gasteiger charge is -2.22. The Bertz CT molecular complexity index is 3590. The minimum absolute atomic E-state index is 0.0372. The van der Waals surface area contributed by atoms with Crippen molar-refractivity contribution < 1.29 is 0 Å². The highest BCUT2D eigenvalue weighted by atomic mass is 15.0. The summed E-state index contributed by atoms with van der Waals surface area (Å²) in [4.78, 5) is 10.7. The highest BCUT2D eigenvalue weighted by Crippen LogP contribution is 2.45. The summed E-state index contributed by atoms with van der Waals surface area (Å²) in [5.41, 5.74) is 17.3. The molecule has 12 aromatic rings. The van der Waals surface area contributed by atoms with Crippen molar-refractivity contribution in [1.29, 1.82) is 0 Å². The first-order chi connectivity index (χ1) is 32.4. The molecule has 9 aromatic carbocycles. The van der Waals surface area contributed by atoms with Gasteiger partial charge in [-0.3, -0.25) is 0 Å². The predicted octanol–water partition coefficient (Wildman–Crippen LogP) is 16.3. The Morgan fingerprint density at radius 3 is 1.30 bits per heavy atom. The number of hydrogen-bond acceptors (Lipinski definition) is 2. The molecule has 0 aliphatic carbocycles. The molecule has 66 heavy (non-hydrogen) atoms. The average molecular weight is 847 g/mol. The zero-order valence-corrected chi connectivity index (χ0v) is 37.2. The topological polar surface area (TPSA) is 35.6 Å². The summed E-state index contributed by atoms with van der Waals surface area (Å²) in [5.74, 6) is 0.668. The molecule has 314 valence electrons. The highest BCUT2D eigenvalue weighted by molar-refractivity contribution is 6.13. The van der Waals surface area contributed by atoms with E-state index in [1.807, 2.05) is 12.1 Å². The Morgan fingerprint density at radius 2 is 0.788 bits per heavy atom. The Kier molecular flexibility index (Phi) is 9.35. The van der Waals surface area contributed by atoms with Crippen molar-refractivity contribution in [2.45, 2.75) is 26.2 Å². The fraction of sp³-hybridized carbons (Fsp3) is 0.0645. The van der Waals surface area contributed by atoms with Gasteiger partial charge in [0.2, 0.25) is 0 Å². The van der Waals surface area contributed by atoms with Crippen molar-refractivity contribution in [1.82, 2.24) is 19.1 Å². The van der Waals surface area contributed by atoms with Crippen molar-refractivity contribution in [3.8, 4) is 67.5 Å². The molecule has 0 aliphatic rings. The number of fused-ring (bicyclic) bond motifs is 6. The standard InChI is InChI=1S/C62H46N4/c1-62(2,3)46-32-35-58-53(38-46)50-34-33-47(65-56-30-18-16-28-48(56)49-29-17-19-31-57(49)65)39-59(50)66(58)60-51(41-20-8-4-9-21-41)36-45(37-52(60)42-22-10-5-11-23-42)61-63-54(43-24-12-6-13-25-43)40-55(64-61)44-26-14-7-15-27-44/h4-40H,1-3H3. The number of benzene rings is 9. The summed E-state index contributed by atoms with van der Waals surface area (Å²) in [6, 6.07) is 80.8. The van der Waals surface area contributed by atoms with Gasteiger partial charge in [-0.1, -0.05) is 191 Å². The number of nitrogens with zero attached hydrogens (tertiary/aromatic N) is 4. The summed E-state index contributed by atoms with van der Waals surface area (Å²) in [6.07, 6.45) is 0. The molecule has 0 bridgehead atoms. The SMILES string of the molecule is CC(C)(C)c1ccc2c(c1)c1ccc(-n3c4ccccc4c4ccccc43)cc1n2-c1c(-c2ccccc2)cc(-c2nc(-c3ccccc3)cc(-c3ccccc3)n2)cc1-c1ccccc1. The van der Waals surface area contributed by atoms with Gasteiger partial charge in [0.1, 0.15) is 0 Å². The third-order valence-corrected chi connectivity index (χ3v) is 13.1. The van der Waals surface area contributed by atoms with E-state index in [0.29, 0.717) is 5.82 Å². The molecule has 0 fully saturated rings. The molecule has 3 aromatic heterocycles. The molecule has 0 N–H and O–H groups in total. The van der Waals surface area contributed by atoms with Crippen LogP contribution in [0, 0.1) is 0 Å². The van der Waals surface area contributed by atoms with Crippen LogP contribution < -0.4 is 0 Å². The number of rotatable bonds is 7. The quantitative estimate of drug-likeness (QED) is 0.160.